The van der Waals surface area contributed by atoms with Gasteiger partial charge in [-0.15, -0.1) is 0 Å². The minimum atomic E-state index is 0.733. The van der Waals surface area contributed by atoms with E-state index in [1.54, 1.807) is 6.20 Å². The lowest BCUT2D eigenvalue weighted by Crippen LogP contribution is -1.80. The summed E-state index contributed by atoms with van der Waals surface area (Å²) in [6, 6.07) is 3.92. The quantitative estimate of drug-likeness (QED) is 0.719. The third-order valence-corrected chi connectivity index (χ3v) is 3.39. The monoisotopic (exact) mass is 379 g/mol. The summed E-state index contributed by atoms with van der Waals surface area (Å²) < 4.78 is 8.14. The van der Waals surface area contributed by atoms with Crippen molar-refractivity contribution in [2.24, 2.45) is 0 Å². The summed E-state index contributed by atoms with van der Waals surface area (Å²) >= 11 is 10.3. The van der Waals surface area contributed by atoms with Crippen molar-refractivity contribution in [3.8, 4) is 11.3 Å². The van der Waals surface area contributed by atoms with Gasteiger partial charge in [0.25, 0.3) is 0 Å². The van der Waals surface area contributed by atoms with Gasteiger partial charge >= 0.3 is 0 Å². The van der Waals surface area contributed by atoms with Crippen LogP contribution in [-0.4, -0.2) is 4.98 Å². The van der Waals surface area contributed by atoms with E-state index in [9.17, 15) is 0 Å². The van der Waals surface area contributed by atoms with Gasteiger partial charge in [-0.05, 0) is 44.0 Å². The fraction of sp³-hybridized carbons (Fsp3) is 0. The largest absolute Gasteiger partial charge is 0.443 e. The van der Waals surface area contributed by atoms with Crippen LogP contribution in [-0.2, 0) is 0 Å². The van der Waals surface area contributed by atoms with Gasteiger partial charge in [0.1, 0.15) is 0 Å². The molecule has 0 radical (unpaired) electrons. The molecule has 5 heteroatoms. The Bertz CT molecular complexity index is 430. The molecule has 0 aliphatic heterocycles. The molecule has 0 atom stereocenters. The molecule has 0 fully saturated rings. The Morgan fingerprint density at radius 3 is 2.21 bits per heavy atom. The lowest BCUT2D eigenvalue weighted by atomic mass is 10.2. The van der Waals surface area contributed by atoms with Crippen molar-refractivity contribution in [3.05, 3.63) is 38.1 Å². The molecule has 72 valence electrons. The van der Waals surface area contributed by atoms with Crippen molar-refractivity contribution >= 4 is 47.8 Å². The van der Waals surface area contributed by atoms with Crippen molar-refractivity contribution in [3.63, 3.8) is 0 Å². The van der Waals surface area contributed by atoms with Crippen LogP contribution in [0, 0.1) is 0 Å². The summed E-state index contributed by atoms with van der Waals surface area (Å²) in [5.41, 5.74) is 0.964. The molecule has 0 unspecified atom stereocenters. The topological polar surface area (TPSA) is 26.0 Å². The van der Waals surface area contributed by atoms with Gasteiger partial charge in [-0.25, -0.2) is 4.98 Å². The molecule has 0 saturated carbocycles. The van der Waals surface area contributed by atoms with Crippen LogP contribution in [0.25, 0.3) is 11.3 Å². The van der Waals surface area contributed by atoms with E-state index in [0.29, 0.717) is 0 Å². The van der Waals surface area contributed by atoms with E-state index in [4.69, 9.17) is 4.42 Å². The van der Waals surface area contributed by atoms with Crippen LogP contribution in [0.2, 0.25) is 0 Å². The molecule has 0 N–H and O–H groups in total. The molecular weight excluding hydrogens is 378 g/mol. The fourth-order valence-electron chi connectivity index (χ4n) is 1.12. The highest BCUT2D eigenvalue weighted by Gasteiger charge is 2.11. The number of hydrogen-bond acceptors (Lipinski definition) is 2. The average molecular weight is 382 g/mol. The highest BCUT2D eigenvalue weighted by molar-refractivity contribution is 9.11. The maximum atomic E-state index is 5.23. The first-order chi connectivity index (χ1) is 6.68. The molecule has 1 aromatic heterocycles. The van der Waals surface area contributed by atoms with Crippen LogP contribution in [0.5, 0.6) is 0 Å². The molecule has 0 aliphatic carbocycles. The molecule has 2 nitrogen and oxygen atoms in total. The van der Waals surface area contributed by atoms with Crippen molar-refractivity contribution in [2.75, 3.05) is 0 Å². The van der Waals surface area contributed by atoms with Crippen molar-refractivity contribution in [1.29, 1.82) is 0 Å². The number of halogens is 3. The lowest BCUT2D eigenvalue weighted by Gasteiger charge is -2.04. The fourth-order valence-corrected chi connectivity index (χ4v) is 3.77. The van der Waals surface area contributed by atoms with E-state index in [0.717, 1.165) is 24.7 Å². The Kier molecular flexibility index (Phi) is 3.09. The molecule has 2 aromatic rings. The Morgan fingerprint density at radius 1 is 1.07 bits per heavy atom. The predicted molar refractivity (Wildman–Crippen MR) is 65.0 cm³/mol. The second kappa shape index (κ2) is 4.16. The van der Waals surface area contributed by atoms with E-state index >= 15 is 0 Å². The minimum Gasteiger partial charge on any atom is -0.443 e. The maximum absolute atomic E-state index is 5.23. The van der Waals surface area contributed by atoms with Crippen LogP contribution in [0.3, 0.4) is 0 Å². The van der Waals surface area contributed by atoms with Crippen molar-refractivity contribution in [2.45, 2.75) is 0 Å². The summed E-state index contributed by atoms with van der Waals surface area (Å²) in [4.78, 5) is 3.88. The summed E-state index contributed by atoms with van der Waals surface area (Å²) in [5.74, 6) is 0.733. The van der Waals surface area contributed by atoms with Crippen LogP contribution >= 0.6 is 47.8 Å². The van der Waals surface area contributed by atoms with Gasteiger partial charge in [0, 0.05) is 19.0 Å². The van der Waals surface area contributed by atoms with Gasteiger partial charge in [0.15, 0.2) is 12.2 Å². The van der Waals surface area contributed by atoms with E-state index in [1.165, 1.54) is 6.39 Å². The zero-order valence-electron chi connectivity index (χ0n) is 6.80. The van der Waals surface area contributed by atoms with Crippen molar-refractivity contribution in [1.82, 2.24) is 4.98 Å². The number of benzene rings is 1. The summed E-state index contributed by atoms with van der Waals surface area (Å²) in [6.45, 7) is 0. The van der Waals surface area contributed by atoms with Gasteiger partial charge < -0.3 is 4.42 Å². The minimum absolute atomic E-state index is 0.733. The van der Waals surface area contributed by atoms with Gasteiger partial charge in [-0.3, -0.25) is 0 Å². The van der Waals surface area contributed by atoms with Gasteiger partial charge in [0.05, 0.1) is 6.20 Å². The molecule has 0 amide bonds. The first-order valence-electron chi connectivity index (χ1n) is 3.72. The lowest BCUT2D eigenvalue weighted by molar-refractivity contribution is 0.571. The van der Waals surface area contributed by atoms with Gasteiger partial charge in [-0.1, -0.05) is 15.9 Å². The molecule has 0 saturated heterocycles. The number of aromatic nitrogens is 1. The molecule has 0 spiro atoms. The number of nitrogens with zero attached hydrogens (tertiary/aromatic N) is 1. The Morgan fingerprint density at radius 2 is 1.71 bits per heavy atom. The van der Waals surface area contributed by atoms with Crippen LogP contribution < -0.4 is 0 Å². The molecule has 1 aromatic carbocycles. The predicted octanol–water partition coefficient (Wildman–Crippen LogP) is 4.63. The maximum Gasteiger partial charge on any atom is 0.181 e. The normalized spacial score (nSPS) is 10.5. The van der Waals surface area contributed by atoms with E-state index in [2.05, 4.69) is 52.8 Å². The highest BCUT2D eigenvalue weighted by Crippen LogP contribution is 2.37. The van der Waals surface area contributed by atoms with Gasteiger partial charge in [0.2, 0.25) is 0 Å². The van der Waals surface area contributed by atoms with Crippen LogP contribution in [0.1, 0.15) is 0 Å². The van der Waals surface area contributed by atoms with Crippen LogP contribution in [0.4, 0.5) is 0 Å². The Hall–Kier alpha value is -0.130. The number of rotatable bonds is 1. The molecule has 1 heterocycles. The zero-order valence-corrected chi connectivity index (χ0v) is 11.6. The SMILES string of the molecule is Brc1cc(Br)c(-c2cnco2)c(Br)c1. The third kappa shape index (κ3) is 1.94. The standard InChI is InChI=1S/C9H4Br3NO/c10-5-1-6(11)9(7(12)2-5)8-3-13-4-14-8/h1-4H. The van der Waals surface area contributed by atoms with E-state index < -0.39 is 0 Å². The molecule has 2 rings (SSSR count). The highest BCUT2D eigenvalue weighted by atomic mass is 79.9. The molecule has 0 bridgehead atoms. The molecule has 14 heavy (non-hydrogen) atoms. The van der Waals surface area contributed by atoms with E-state index in [-0.39, 0.29) is 0 Å². The van der Waals surface area contributed by atoms with Gasteiger partial charge in [-0.2, -0.15) is 0 Å². The summed E-state index contributed by atoms with van der Waals surface area (Å²) in [7, 11) is 0. The summed E-state index contributed by atoms with van der Waals surface area (Å²) in [6.07, 6.45) is 3.09. The average Bonchev–Trinajstić information content (AvgIpc) is 2.54. The van der Waals surface area contributed by atoms with Crippen LogP contribution in [0.15, 0.2) is 42.6 Å². The Balaban J connectivity index is 2.64. The zero-order chi connectivity index (χ0) is 10.1. The van der Waals surface area contributed by atoms with E-state index in [1.807, 2.05) is 12.1 Å². The number of oxazole rings is 1. The summed E-state index contributed by atoms with van der Waals surface area (Å²) in [5, 5.41) is 0. The smallest absolute Gasteiger partial charge is 0.181 e. The molecular formula is C9H4Br3NO. The molecule has 0 aliphatic rings. The Labute approximate surface area is 106 Å². The second-order valence-corrected chi connectivity index (χ2v) is 5.23. The number of hydrogen-bond donors (Lipinski definition) is 0. The second-order valence-electron chi connectivity index (χ2n) is 2.61. The van der Waals surface area contributed by atoms with Crippen molar-refractivity contribution < 1.29 is 4.42 Å². The first-order valence-corrected chi connectivity index (χ1v) is 6.10. The third-order valence-electron chi connectivity index (χ3n) is 1.69. The first kappa shape index (κ1) is 10.4.